The van der Waals surface area contributed by atoms with Gasteiger partial charge < -0.3 is 19.1 Å². The molecule has 1 heterocycles. The number of hydrogen-bond acceptors (Lipinski definition) is 6. The molecular weight excluding hydrogens is 442 g/mol. The van der Waals surface area contributed by atoms with E-state index in [4.69, 9.17) is 25.8 Å². The molecule has 0 bridgehead atoms. The third-order valence-electron chi connectivity index (χ3n) is 6.64. The molecular formula is C26H32ClNO5. The Morgan fingerprint density at radius 2 is 1.61 bits per heavy atom. The summed E-state index contributed by atoms with van der Waals surface area (Å²) >= 11 is 6.65. The Morgan fingerprint density at radius 1 is 0.970 bits per heavy atom. The Labute approximate surface area is 200 Å². The summed E-state index contributed by atoms with van der Waals surface area (Å²) in [7, 11) is 3.25. The van der Waals surface area contributed by atoms with E-state index >= 15 is 0 Å². The maximum Gasteiger partial charge on any atom is 0.179 e. The van der Waals surface area contributed by atoms with Gasteiger partial charge in [-0.1, -0.05) is 18.5 Å². The summed E-state index contributed by atoms with van der Waals surface area (Å²) in [6, 6.07) is 3.72. The lowest BCUT2D eigenvalue weighted by Gasteiger charge is -2.44. The van der Waals surface area contributed by atoms with Crippen LogP contribution in [0.4, 0.5) is 0 Å². The van der Waals surface area contributed by atoms with Crippen LogP contribution in [0.2, 0.25) is 5.02 Å². The van der Waals surface area contributed by atoms with Gasteiger partial charge in [0.1, 0.15) is 0 Å². The van der Waals surface area contributed by atoms with Crippen LogP contribution in [-0.2, 0) is 14.3 Å². The molecule has 0 unspecified atom stereocenters. The minimum atomic E-state index is -0.430. The quantitative estimate of drug-likeness (QED) is 0.517. The first-order valence-electron chi connectivity index (χ1n) is 11.8. The fraction of sp³-hybridized carbons (Fsp3) is 0.538. The molecule has 3 aliphatic rings. The molecule has 178 valence electrons. The first-order chi connectivity index (χ1) is 16.0. The lowest BCUT2D eigenvalue weighted by molar-refractivity contribution is -0.117. The standard InChI is InChI=1S/C26H32ClNO5/c1-4-12-33-26-17(27)14-16(15-22(26)32-3)23-24-18(7-5-9-20(24)29)28(11-13-31-2)19-8-6-10-21(30)25(19)23/h14-15,23H,4-13H2,1-3H3. The van der Waals surface area contributed by atoms with Gasteiger partial charge in [0.05, 0.1) is 25.3 Å². The van der Waals surface area contributed by atoms with Crippen LogP contribution in [0.25, 0.3) is 0 Å². The van der Waals surface area contributed by atoms with Gasteiger partial charge in [-0.15, -0.1) is 0 Å². The van der Waals surface area contributed by atoms with Crippen LogP contribution >= 0.6 is 11.6 Å². The van der Waals surface area contributed by atoms with Crippen molar-refractivity contribution in [2.24, 2.45) is 0 Å². The van der Waals surface area contributed by atoms with Crippen molar-refractivity contribution in [3.8, 4) is 11.5 Å². The molecule has 6 nitrogen and oxygen atoms in total. The molecule has 0 amide bonds. The van der Waals surface area contributed by atoms with Crippen LogP contribution < -0.4 is 9.47 Å². The highest BCUT2D eigenvalue weighted by molar-refractivity contribution is 6.32. The SMILES string of the molecule is CCCOc1c(Cl)cc(C2C3=C(CCCC3=O)N(CCOC)C3=C2C(=O)CCC3)cc1OC. The maximum atomic E-state index is 13.3. The number of ketones is 2. The van der Waals surface area contributed by atoms with Gasteiger partial charge in [0.15, 0.2) is 23.1 Å². The third-order valence-corrected chi connectivity index (χ3v) is 6.92. The minimum absolute atomic E-state index is 0.106. The summed E-state index contributed by atoms with van der Waals surface area (Å²) in [5.41, 5.74) is 4.32. The van der Waals surface area contributed by atoms with Crippen LogP contribution in [0.3, 0.4) is 0 Å². The second kappa shape index (κ2) is 10.3. The van der Waals surface area contributed by atoms with Crippen molar-refractivity contribution in [3.63, 3.8) is 0 Å². The van der Waals surface area contributed by atoms with Gasteiger partial charge >= 0.3 is 0 Å². The summed E-state index contributed by atoms with van der Waals surface area (Å²) in [6.45, 7) is 3.71. The van der Waals surface area contributed by atoms with Gasteiger partial charge in [0.2, 0.25) is 0 Å². The highest BCUT2D eigenvalue weighted by Gasteiger charge is 2.43. The van der Waals surface area contributed by atoms with Crippen molar-refractivity contribution in [1.82, 2.24) is 4.90 Å². The molecule has 0 radical (unpaired) electrons. The van der Waals surface area contributed by atoms with Crippen molar-refractivity contribution < 1.29 is 23.8 Å². The fourth-order valence-corrected chi connectivity index (χ4v) is 5.53. The first-order valence-corrected chi connectivity index (χ1v) is 12.2. The number of carbonyl (C=O) groups excluding carboxylic acids is 2. The molecule has 0 N–H and O–H groups in total. The zero-order valence-corrected chi connectivity index (χ0v) is 20.4. The third kappa shape index (κ3) is 4.43. The van der Waals surface area contributed by atoms with E-state index in [1.54, 1.807) is 14.2 Å². The lowest BCUT2D eigenvalue weighted by atomic mass is 9.71. The van der Waals surface area contributed by atoms with Crippen molar-refractivity contribution in [1.29, 1.82) is 0 Å². The van der Waals surface area contributed by atoms with Gasteiger partial charge in [0, 0.05) is 55.0 Å². The van der Waals surface area contributed by atoms with E-state index < -0.39 is 5.92 Å². The number of carbonyl (C=O) groups is 2. The number of allylic oxidation sites excluding steroid dienone is 4. The number of Topliss-reactive ketones (excluding diaryl/α,β-unsaturated/α-hetero) is 2. The van der Waals surface area contributed by atoms with Crippen LogP contribution in [0.1, 0.15) is 63.4 Å². The zero-order valence-electron chi connectivity index (χ0n) is 19.7. The van der Waals surface area contributed by atoms with Crippen molar-refractivity contribution >= 4 is 23.2 Å². The first kappa shape index (κ1) is 23.8. The normalized spacial score (nSPS) is 19.1. The Balaban J connectivity index is 1.90. The van der Waals surface area contributed by atoms with Crippen molar-refractivity contribution in [2.45, 2.75) is 57.8 Å². The summed E-state index contributed by atoms with van der Waals surface area (Å²) in [5.74, 6) is 0.797. The molecule has 0 atom stereocenters. The molecule has 2 aliphatic carbocycles. The average molecular weight is 474 g/mol. The molecule has 0 aromatic heterocycles. The van der Waals surface area contributed by atoms with Gasteiger partial charge in [-0.3, -0.25) is 9.59 Å². The van der Waals surface area contributed by atoms with E-state index in [0.717, 1.165) is 60.2 Å². The number of benzene rings is 1. The highest BCUT2D eigenvalue weighted by atomic mass is 35.5. The predicted molar refractivity (Wildman–Crippen MR) is 127 cm³/mol. The molecule has 4 rings (SSSR count). The smallest absolute Gasteiger partial charge is 0.179 e. The maximum absolute atomic E-state index is 13.3. The van der Waals surface area contributed by atoms with E-state index in [1.807, 2.05) is 19.1 Å². The predicted octanol–water partition coefficient (Wildman–Crippen LogP) is 5.20. The Hall–Kier alpha value is -2.31. The number of rotatable bonds is 8. The largest absolute Gasteiger partial charge is 0.493 e. The van der Waals surface area contributed by atoms with E-state index in [9.17, 15) is 9.59 Å². The van der Waals surface area contributed by atoms with Crippen molar-refractivity contribution in [2.75, 3.05) is 34.0 Å². The average Bonchev–Trinajstić information content (AvgIpc) is 2.81. The van der Waals surface area contributed by atoms with Crippen molar-refractivity contribution in [3.05, 3.63) is 45.3 Å². The molecule has 1 aromatic carbocycles. The number of ether oxygens (including phenoxy) is 3. The number of nitrogens with zero attached hydrogens (tertiary/aromatic N) is 1. The monoisotopic (exact) mass is 473 g/mol. The second-order valence-electron chi connectivity index (χ2n) is 8.73. The molecule has 0 spiro atoms. The number of methoxy groups -OCH3 is 2. The summed E-state index contributed by atoms with van der Waals surface area (Å²) in [4.78, 5) is 28.8. The molecule has 0 saturated heterocycles. The van der Waals surface area contributed by atoms with Crippen LogP contribution in [0.15, 0.2) is 34.7 Å². The molecule has 7 heteroatoms. The van der Waals surface area contributed by atoms with Gasteiger partial charge in [-0.25, -0.2) is 0 Å². The second-order valence-corrected chi connectivity index (χ2v) is 9.14. The fourth-order valence-electron chi connectivity index (χ4n) is 5.25. The van der Waals surface area contributed by atoms with E-state index in [-0.39, 0.29) is 11.6 Å². The molecule has 33 heavy (non-hydrogen) atoms. The van der Waals surface area contributed by atoms with E-state index in [1.165, 1.54) is 0 Å². The molecule has 1 aliphatic heterocycles. The van der Waals surface area contributed by atoms with E-state index in [2.05, 4.69) is 4.90 Å². The number of halogens is 1. The summed E-state index contributed by atoms with van der Waals surface area (Å²) in [6.07, 6.45) is 5.09. The topological polar surface area (TPSA) is 65.1 Å². The van der Waals surface area contributed by atoms with Crippen LogP contribution in [-0.4, -0.2) is 50.4 Å². The van der Waals surface area contributed by atoms with Crippen LogP contribution in [0.5, 0.6) is 11.5 Å². The molecule has 0 fully saturated rings. The zero-order chi connectivity index (χ0) is 23.5. The van der Waals surface area contributed by atoms with Gasteiger partial charge in [0.25, 0.3) is 0 Å². The van der Waals surface area contributed by atoms with Gasteiger partial charge in [-0.05, 0) is 49.8 Å². The Kier molecular flexibility index (Phi) is 7.45. The summed E-state index contributed by atoms with van der Waals surface area (Å²) < 4.78 is 16.8. The highest BCUT2D eigenvalue weighted by Crippen LogP contribution is 2.51. The number of hydrogen-bond donors (Lipinski definition) is 0. The lowest BCUT2D eigenvalue weighted by Crippen LogP contribution is -2.40. The molecule has 0 saturated carbocycles. The van der Waals surface area contributed by atoms with E-state index in [0.29, 0.717) is 49.1 Å². The van der Waals surface area contributed by atoms with Crippen LogP contribution in [0, 0.1) is 0 Å². The minimum Gasteiger partial charge on any atom is -0.493 e. The summed E-state index contributed by atoms with van der Waals surface area (Å²) in [5, 5.41) is 0.426. The Bertz CT molecular complexity index is 968. The molecule has 1 aromatic rings. The Morgan fingerprint density at radius 3 is 2.15 bits per heavy atom. The van der Waals surface area contributed by atoms with Gasteiger partial charge in [-0.2, -0.15) is 0 Å².